The topological polar surface area (TPSA) is 12.5 Å². The Hall–Kier alpha value is -0.860. The first-order valence-corrected chi connectivity index (χ1v) is 6.21. The fourth-order valence-electron chi connectivity index (χ4n) is 2.15. The summed E-state index contributed by atoms with van der Waals surface area (Å²) in [5, 5.41) is 0. The molecular weight excluding hydrogens is 198 g/mol. The lowest BCUT2D eigenvalue weighted by molar-refractivity contribution is 0.0367. The van der Waals surface area contributed by atoms with Gasteiger partial charge in [-0.05, 0) is 24.4 Å². The molecule has 16 heavy (non-hydrogen) atoms. The number of morpholine rings is 1. The molecule has 0 unspecified atom stereocenters. The first-order chi connectivity index (χ1) is 7.86. The second kappa shape index (κ2) is 6.02. The summed E-state index contributed by atoms with van der Waals surface area (Å²) in [5.74, 6) is 0.657. The van der Waals surface area contributed by atoms with Crippen molar-refractivity contribution in [3.63, 3.8) is 0 Å². The Kier molecular flexibility index (Phi) is 4.37. The van der Waals surface area contributed by atoms with Crippen LogP contribution in [0.15, 0.2) is 30.3 Å². The number of hydrogen-bond donors (Lipinski definition) is 0. The van der Waals surface area contributed by atoms with Gasteiger partial charge in [0.1, 0.15) is 0 Å². The highest BCUT2D eigenvalue weighted by molar-refractivity contribution is 5.18. The molecule has 2 heteroatoms. The standard InChI is InChI=1S/C14H21NO/c1-13(14-5-3-2-4-6-14)7-8-15-9-11-16-12-10-15/h2-6,13H,7-12H2,1H3/t13-/m0/s1. The lowest BCUT2D eigenvalue weighted by atomic mass is 9.98. The Labute approximate surface area is 98.2 Å². The third-order valence-corrected chi connectivity index (χ3v) is 3.35. The molecule has 1 saturated heterocycles. The van der Waals surface area contributed by atoms with E-state index in [0.717, 1.165) is 26.3 Å². The first-order valence-electron chi connectivity index (χ1n) is 6.21. The number of benzene rings is 1. The minimum absolute atomic E-state index is 0.657. The summed E-state index contributed by atoms with van der Waals surface area (Å²) in [6.07, 6.45) is 1.24. The van der Waals surface area contributed by atoms with Gasteiger partial charge in [-0.25, -0.2) is 0 Å². The zero-order chi connectivity index (χ0) is 11.2. The molecule has 0 aromatic heterocycles. The molecule has 2 nitrogen and oxygen atoms in total. The molecule has 1 aromatic carbocycles. The molecule has 1 fully saturated rings. The van der Waals surface area contributed by atoms with Gasteiger partial charge in [-0.3, -0.25) is 4.90 Å². The molecule has 0 amide bonds. The maximum Gasteiger partial charge on any atom is 0.0594 e. The number of hydrogen-bond acceptors (Lipinski definition) is 2. The maximum absolute atomic E-state index is 5.35. The van der Waals surface area contributed by atoms with Gasteiger partial charge < -0.3 is 4.74 Å². The van der Waals surface area contributed by atoms with Gasteiger partial charge in [0.25, 0.3) is 0 Å². The molecule has 0 spiro atoms. The average Bonchev–Trinajstić information content (AvgIpc) is 2.38. The van der Waals surface area contributed by atoms with Crippen molar-refractivity contribution in [2.24, 2.45) is 0 Å². The quantitative estimate of drug-likeness (QED) is 0.771. The Morgan fingerprint density at radius 3 is 2.56 bits per heavy atom. The van der Waals surface area contributed by atoms with Crippen molar-refractivity contribution in [3.8, 4) is 0 Å². The highest BCUT2D eigenvalue weighted by atomic mass is 16.5. The molecule has 88 valence electrons. The summed E-state index contributed by atoms with van der Waals surface area (Å²) in [6, 6.07) is 10.8. The minimum atomic E-state index is 0.657. The van der Waals surface area contributed by atoms with Gasteiger partial charge in [-0.15, -0.1) is 0 Å². The fourth-order valence-corrected chi connectivity index (χ4v) is 2.15. The summed E-state index contributed by atoms with van der Waals surface area (Å²) in [5.41, 5.74) is 1.45. The average molecular weight is 219 g/mol. The van der Waals surface area contributed by atoms with Crippen LogP contribution < -0.4 is 0 Å². The fraction of sp³-hybridized carbons (Fsp3) is 0.571. The molecule has 0 saturated carbocycles. The van der Waals surface area contributed by atoms with E-state index in [-0.39, 0.29) is 0 Å². The van der Waals surface area contributed by atoms with Gasteiger partial charge in [0.15, 0.2) is 0 Å². The van der Waals surface area contributed by atoms with Gasteiger partial charge in [-0.2, -0.15) is 0 Å². The van der Waals surface area contributed by atoms with Crippen molar-refractivity contribution in [3.05, 3.63) is 35.9 Å². The zero-order valence-electron chi connectivity index (χ0n) is 10.1. The van der Waals surface area contributed by atoms with E-state index in [1.165, 1.54) is 18.5 Å². The van der Waals surface area contributed by atoms with Gasteiger partial charge in [0.2, 0.25) is 0 Å². The Balaban J connectivity index is 1.77. The second-order valence-corrected chi connectivity index (χ2v) is 4.55. The van der Waals surface area contributed by atoms with Crippen LogP contribution in [0.1, 0.15) is 24.8 Å². The van der Waals surface area contributed by atoms with E-state index in [0.29, 0.717) is 5.92 Å². The third-order valence-electron chi connectivity index (χ3n) is 3.35. The third kappa shape index (κ3) is 3.32. The van der Waals surface area contributed by atoms with E-state index in [1.54, 1.807) is 0 Å². The monoisotopic (exact) mass is 219 g/mol. The highest BCUT2D eigenvalue weighted by Crippen LogP contribution is 2.18. The Morgan fingerprint density at radius 1 is 1.19 bits per heavy atom. The van der Waals surface area contributed by atoms with Gasteiger partial charge in [0, 0.05) is 13.1 Å². The summed E-state index contributed by atoms with van der Waals surface area (Å²) in [4.78, 5) is 2.50. The predicted molar refractivity (Wildman–Crippen MR) is 66.7 cm³/mol. The van der Waals surface area contributed by atoms with Crippen molar-refractivity contribution in [1.82, 2.24) is 4.90 Å². The molecule has 1 heterocycles. The van der Waals surface area contributed by atoms with Crippen molar-refractivity contribution in [2.75, 3.05) is 32.8 Å². The van der Waals surface area contributed by atoms with Crippen LogP contribution in [0.25, 0.3) is 0 Å². The van der Waals surface area contributed by atoms with Crippen LogP contribution >= 0.6 is 0 Å². The molecule has 2 rings (SSSR count). The molecule has 1 aliphatic heterocycles. The van der Waals surface area contributed by atoms with Crippen LogP contribution in [0.3, 0.4) is 0 Å². The Bertz CT molecular complexity index is 293. The van der Waals surface area contributed by atoms with E-state index < -0.39 is 0 Å². The van der Waals surface area contributed by atoms with Crippen LogP contribution in [0.5, 0.6) is 0 Å². The van der Waals surface area contributed by atoms with E-state index in [1.807, 2.05) is 0 Å². The predicted octanol–water partition coefficient (Wildman–Crippen LogP) is 2.51. The minimum Gasteiger partial charge on any atom is -0.379 e. The lowest BCUT2D eigenvalue weighted by Gasteiger charge is -2.27. The first kappa shape index (κ1) is 11.6. The molecule has 0 N–H and O–H groups in total. The molecule has 0 aliphatic carbocycles. The van der Waals surface area contributed by atoms with E-state index in [4.69, 9.17) is 4.74 Å². The van der Waals surface area contributed by atoms with Gasteiger partial charge >= 0.3 is 0 Å². The van der Waals surface area contributed by atoms with Crippen LogP contribution in [-0.4, -0.2) is 37.7 Å². The molecule has 0 bridgehead atoms. The van der Waals surface area contributed by atoms with Crippen molar-refractivity contribution in [2.45, 2.75) is 19.3 Å². The zero-order valence-corrected chi connectivity index (χ0v) is 10.1. The number of rotatable bonds is 4. The molecule has 1 atom stereocenters. The van der Waals surface area contributed by atoms with Crippen LogP contribution in [0.2, 0.25) is 0 Å². The number of ether oxygens (including phenoxy) is 1. The van der Waals surface area contributed by atoms with Crippen LogP contribution in [-0.2, 0) is 4.74 Å². The van der Waals surface area contributed by atoms with E-state index >= 15 is 0 Å². The smallest absolute Gasteiger partial charge is 0.0594 e. The van der Waals surface area contributed by atoms with Crippen molar-refractivity contribution < 1.29 is 4.74 Å². The molecule has 1 aromatic rings. The van der Waals surface area contributed by atoms with Crippen LogP contribution in [0.4, 0.5) is 0 Å². The van der Waals surface area contributed by atoms with Crippen LogP contribution in [0, 0.1) is 0 Å². The summed E-state index contributed by atoms with van der Waals surface area (Å²) in [6.45, 7) is 7.51. The molecule has 1 aliphatic rings. The lowest BCUT2D eigenvalue weighted by Crippen LogP contribution is -2.37. The second-order valence-electron chi connectivity index (χ2n) is 4.55. The highest BCUT2D eigenvalue weighted by Gasteiger charge is 2.12. The Morgan fingerprint density at radius 2 is 1.88 bits per heavy atom. The van der Waals surface area contributed by atoms with Gasteiger partial charge in [0.05, 0.1) is 13.2 Å². The normalized spacial score (nSPS) is 19.6. The van der Waals surface area contributed by atoms with Gasteiger partial charge in [-0.1, -0.05) is 37.3 Å². The van der Waals surface area contributed by atoms with Crippen molar-refractivity contribution in [1.29, 1.82) is 0 Å². The largest absolute Gasteiger partial charge is 0.379 e. The summed E-state index contributed by atoms with van der Waals surface area (Å²) >= 11 is 0. The SMILES string of the molecule is C[C@@H](CCN1CCOCC1)c1ccccc1. The maximum atomic E-state index is 5.35. The van der Waals surface area contributed by atoms with E-state index in [9.17, 15) is 0 Å². The van der Waals surface area contributed by atoms with Crippen molar-refractivity contribution >= 4 is 0 Å². The molecule has 0 radical (unpaired) electrons. The summed E-state index contributed by atoms with van der Waals surface area (Å²) < 4.78 is 5.35. The number of nitrogens with zero attached hydrogens (tertiary/aromatic N) is 1. The molecular formula is C14H21NO. The summed E-state index contributed by atoms with van der Waals surface area (Å²) in [7, 11) is 0. The van der Waals surface area contributed by atoms with E-state index in [2.05, 4.69) is 42.2 Å².